The number of amides is 1. The number of likely N-dealkylation sites (N-methyl/N-ethyl adjacent to an activating group) is 1. The molecule has 140 valence electrons. The fourth-order valence-corrected chi connectivity index (χ4v) is 3.53. The topological polar surface area (TPSA) is 91.1 Å². The average molecular weight is 368 g/mol. The molecule has 1 saturated heterocycles. The molecule has 0 aliphatic carbocycles. The van der Waals surface area contributed by atoms with Gasteiger partial charge in [0.25, 0.3) is 5.91 Å². The minimum absolute atomic E-state index is 0.110. The highest BCUT2D eigenvalue weighted by Crippen LogP contribution is 2.22. The van der Waals surface area contributed by atoms with Crippen LogP contribution < -0.4 is 5.73 Å². The van der Waals surface area contributed by atoms with Gasteiger partial charge >= 0.3 is 0 Å². The van der Waals surface area contributed by atoms with Gasteiger partial charge in [-0.1, -0.05) is 6.07 Å². The summed E-state index contributed by atoms with van der Waals surface area (Å²) in [6, 6.07) is 8.24. The third kappa shape index (κ3) is 3.48. The quantitative estimate of drug-likeness (QED) is 0.735. The SMILES string of the molecule is CN(Cc1nccc(N)n1)C1CCN(C(=O)c2cc3c(F)cccc3[nH]2)C1. The third-order valence-corrected chi connectivity index (χ3v) is 5.03. The molecule has 0 spiro atoms. The molecule has 0 radical (unpaired) electrons. The van der Waals surface area contributed by atoms with Crippen LogP contribution in [0.25, 0.3) is 10.9 Å². The van der Waals surface area contributed by atoms with Crippen molar-refractivity contribution in [3.05, 3.63) is 53.9 Å². The lowest BCUT2D eigenvalue weighted by molar-refractivity contribution is 0.0774. The number of H-pyrrole nitrogens is 1. The van der Waals surface area contributed by atoms with Crippen LogP contribution in [0.3, 0.4) is 0 Å². The summed E-state index contributed by atoms with van der Waals surface area (Å²) >= 11 is 0. The molecule has 27 heavy (non-hydrogen) atoms. The van der Waals surface area contributed by atoms with Crippen molar-refractivity contribution in [2.45, 2.75) is 19.0 Å². The maximum absolute atomic E-state index is 13.9. The Balaban J connectivity index is 1.43. The summed E-state index contributed by atoms with van der Waals surface area (Å²) in [5.41, 5.74) is 6.75. The van der Waals surface area contributed by atoms with Gasteiger partial charge in [0, 0.05) is 36.2 Å². The zero-order valence-electron chi connectivity index (χ0n) is 15.0. The van der Waals surface area contributed by atoms with Crippen molar-refractivity contribution in [3.63, 3.8) is 0 Å². The van der Waals surface area contributed by atoms with Crippen molar-refractivity contribution in [3.8, 4) is 0 Å². The van der Waals surface area contributed by atoms with E-state index < -0.39 is 0 Å². The predicted molar refractivity (Wildman–Crippen MR) is 100 cm³/mol. The number of halogens is 1. The van der Waals surface area contributed by atoms with Gasteiger partial charge in [-0.25, -0.2) is 14.4 Å². The highest BCUT2D eigenvalue weighted by Gasteiger charge is 2.30. The number of carbonyl (C=O) groups is 1. The lowest BCUT2D eigenvalue weighted by atomic mass is 10.2. The second-order valence-corrected chi connectivity index (χ2v) is 6.89. The number of anilines is 1. The van der Waals surface area contributed by atoms with Gasteiger partial charge < -0.3 is 15.6 Å². The molecule has 1 fully saturated rings. The van der Waals surface area contributed by atoms with Gasteiger partial charge in [0.15, 0.2) is 0 Å². The Labute approximate surface area is 156 Å². The van der Waals surface area contributed by atoms with Crippen molar-refractivity contribution in [1.29, 1.82) is 0 Å². The molecule has 1 atom stereocenters. The van der Waals surface area contributed by atoms with E-state index >= 15 is 0 Å². The molecule has 0 bridgehead atoms. The number of hydrogen-bond donors (Lipinski definition) is 2. The van der Waals surface area contributed by atoms with Crippen LogP contribution >= 0.6 is 0 Å². The molecule has 1 aliphatic rings. The first-order valence-electron chi connectivity index (χ1n) is 8.85. The molecular formula is C19H21FN6O. The van der Waals surface area contributed by atoms with E-state index in [1.807, 2.05) is 7.05 Å². The smallest absolute Gasteiger partial charge is 0.270 e. The Kier molecular flexibility index (Phi) is 4.49. The summed E-state index contributed by atoms with van der Waals surface area (Å²) in [6.45, 7) is 1.83. The van der Waals surface area contributed by atoms with E-state index in [9.17, 15) is 9.18 Å². The first-order valence-corrected chi connectivity index (χ1v) is 8.85. The number of nitrogen functional groups attached to an aromatic ring is 1. The molecule has 3 aromatic rings. The first kappa shape index (κ1) is 17.4. The standard InChI is InChI=1S/C19H21FN6O/c1-25(11-18-22-7-5-17(21)24-18)12-6-8-26(10-12)19(27)16-9-13-14(20)3-2-4-15(13)23-16/h2-5,7,9,12,23H,6,8,10-11H2,1H3,(H2,21,22,24). The van der Waals surface area contributed by atoms with E-state index in [0.717, 1.165) is 6.42 Å². The van der Waals surface area contributed by atoms with Crippen LogP contribution in [0.5, 0.6) is 0 Å². The van der Waals surface area contributed by atoms with E-state index in [4.69, 9.17) is 5.73 Å². The van der Waals surface area contributed by atoms with E-state index in [1.54, 1.807) is 35.4 Å². The lowest BCUT2D eigenvalue weighted by Crippen LogP contribution is -2.36. The molecule has 1 unspecified atom stereocenters. The average Bonchev–Trinajstić information content (AvgIpc) is 3.29. The fraction of sp³-hybridized carbons (Fsp3) is 0.316. The van der Waals surface area contributed by atoms with Gasteiger partial charge in [0.05, 0.1) is 6.54 Å². The van der Waals surface area contributed by atoms with E-state index in [1.165, 1.54) is 6.07 Å². The van der Waals surface area contributed by atoms with E-state index in [0.29, 0.717) is 47.9 Å². The molecular weight excluding hydrogens is 347 g/mol. The van der Waals surface area contributed by atoms with E-state index in [-0.39, 0.29) is 17.8 Å². The summed E-state index contributed by atoms with van der Waals surface area (Å²) in [5, 5.41) is 0.438. The lowest BCUT2D eigenvalue weighted by Gasteiger charge is -2.23. The Hall–Kier alpha value is -3.00. The Bertz CT molecular complexity index is 987. The number of fused-ring (bicyclic) bond motifs is 1. The minimum Gasteiger partial charge on any atom is -0.384 e. The van der Waals surface area contributed by atoms with Gasteiger partial charge in [0.1, 0.15) is 23.2 Å². The molecule has 1 aromatic carbocycles. The number of benzene rings is 1. The van der Waals surface area contributed by atoms with Crippen LogP contribution in [0.2, 0.25) is 0 Å². The van der Waals surface area contributed by atoms with Crippen molar-refractivity contribution in [1.82, 2.24) is 24.8 Å². The van der Waals surface area contributed by atoms with E-state index in [2.05, 4.69) is 19.9 Å². The minimum atomic E-state index is -0.330. The number of nitrogens with one attached hydrogen (secondary N) is 1. The molecule has 3 heterocycles. The molecule has 8 heteroatoms. The van der Waals surface area contributed by atoms with Crippen LogP contribution in [0, 0.1) is 5.82 Å². The number of aromatic nitrogens is 3. The van der Waals surface area contributed by atoms with Gasteiger partial charge in [0.2, 0.25) is 0 Å². The molecule has 7 nitrogen and oxygen atoms in total. The van der Waals surface area contributed by atoms with Crippen LogP contribution in [0.4, 0.5) is 10.2 Å². The van der Waals surface area contributed by atoms with Gasteiger partial charge in [-0.15, -0.1) is 0 Å². The molecule has 1 aliphatic heterocycles. The van der Waals surface area contributed by atoms with Gasteiger partial charge in [-0.05, 0) is 37.7 Å². The van der Waals surface area contributed by atoms with Gasteiger partial charge in [-0.2, -0.15) is 0 Å². The third-order valence-electron chi connectivity index (χ3n) is 5.03. The molecule has 2 aromatic heterocycles. The summed E-state index contributed by atoms with van der Waals surface area (Å²) in [6.07, 6.45) is 2.50. The highest BCUT2D eigenvalue weighted by molar-refractivity contribution is 5.98. The summed E-state index contributed by atoms with van der Waals surface area (Å²) in [4.78, 5) is 28.2. The number of aromatic amines is 1. The zero-order valence-corrected chi connectivity index (χ0v) is 15.0. The molecule has 3 N–H and O–H groups in total. The maximum atomic E-state index is 13.9. The molecule has 1 amide bonds. The largest absolute Gasteiger partial charge is 0.384 e. The Morgan fingerprint density at radius 3 is 3.07 bits per heavy atom. The first-order chi connectivity index (χ1) is 13.0. The van der Waals surface area contributed by atoms with Crippen molar-refractivity contribution < 1.29 is 9.18 Å². The fourth-order valence-electron chi connectivity index (χ4n) is 3.53. The van der Waals surface area contributed by atoms with Crippen LogP contribution in [-0.2, 0) is 6.54 Å². The van der Waals surface area contributed by atoms with Gasteiger partial charge in [-0.3, -0.25) is 9.69 Å². The van der Waals surface area contributed by atoms with Crippen molar-refractivity contribution in [2.24, 2.45) is 0 Å². The maximum Gasteiger partial charge on any atom is 0.270 e. The van der Waals surface area contributed by atoms with Crippen molar-refractivity contribution in [2.75, 3.05) is 25.9 Å². The summed E-state index contributed by atoms with van der Waals surface area (Å²) in [5.74, 6) is 0.668. The Morgan fingerprint density at radius 2 is 2.30 bits per heavy atom. The zero-order chi connectivity index (χ0) is 19.0. The molecule has 0 saturated carbocycles. The number of carbonyl (C=O) groups excluding carboxylic acids is 1. The van der Waals surface area contributed by atoms with Crippen LogP contribution in [0.15, 0.2) is 36.5 Å². The number of likely N-dealkylation sites (tertiary alicyclic amines) is 1. The summed E-state index contributed by atoms with van der Waals surface area (Å²) < 4.78 is 13.9. The number of nitrogens with two attached hydrogens (primary N) is 1. The molecule has 4 rings (SSSR count). The Morgan fingerprint density at radius 1 is 1.44 bits per heavy atom. The second-order valence-electron chi connectivity index (χ2n) is 6.89. The highest BCUT2D eigenvalue weighted by atomic mass is 19.1. The number of hydrogen-bond acceptors (Lipinski definition) is 5. The van der Waals surface area contributed by atoms with Crippen molar-refractivity contribution >= 4 is 22.6 Å². The predicted octanol–water partition coefficient (Wildman–Crippen LogP) is 2.03. The number of rotatable bonds is 4. The summed E-state index contributed by atoms with van der Waals surface area (Å²) in [7, 11) is 1.99. The van der Waals surface area contributed by atoms with Crippen LogP contribution in [0.1, 0.15) is 22.7 Å². The number of nitrogens with zero attached hydrogens (tertiary/aromatic N) is 4. The van der Waals surface area contributed by atoms with Crippen LogP contribution in [-0.4, -0.2) is 56.8 Å². The second kappa shape index (κ2) is 6.96. The monoisotopic (exact) mass is 368 g/mol. The normalized spacial score (nSPS) is 17.1.